The lowest BCUT2D eigenvalue weighted by molar-refractivity contribution is -0.692. The van der Waals surface area contributed by atoms with Crippen LogP contribution in [0.3, 0.4) is 0 Å². The molecule has 0 unspecified atom stereocenters. The number of nitrogens with zero attached hydrogens (tertiary/aromatic N) is 1. The number of benzene rings is 2. The fraction of sp³-hybridized carbons (Fsp3) is 0.440. The monoisotopic (exact) mass is 410 g/mol. The number of rotatable bonds is 10. The summed E-state index contributed by atoms with van der Waals surface area (Å²) in [6.45, 7) is 6.93. The van der Waals surface area contributed by atoms with Crippen molar-refractivity contribution in [2.75, 3.05) is 26.0 Å². The molecule has 0 saturated carbocycles. The first-order chi connectivity index (χ1) is 14.3. The number of anilines is 1. The second-order valence-electron chi connectivity index (χ2n) is 8.38. The Hall–Kier alpha value is -2.66. The molecule has 2 rings (SSSR count). The van der Waals surface area contributed by atoms with Crippen molar-refractivity contribution in [1.29, 1.82) is 0 Å². The Labute approximate surface area is 180 Å². The van der Waals surface area contributed by atoms with Crippen molar-refractivity contribution >= 4 is 17.5 Å². The van der Waals surface area contributed by atoms with Gasteiger partial charge < -0.3 is 15.5 Å². The van der Waals surface area contributed by atoms with E-state index in [9.17, 15) is 9.59 Å². The molecule has 2 aromatic rings. The summed E-state index contributed by atoms with van der Waals surface area (Å²) in [4.78, 5) is 25.9. The normalized spacial score (nSPS) is 11.9. The zero-order valence-corrected chi connectivity index (χ0v) is 18.9. The number of amides is 2. The average molecular weight is 411 g/mol. The van der Waals surface area contributed by atoms with Gasteiger partial charge in [-0.15, -0.1) is 0 Å². The van der Waals surface area contributed by atoms with Crippen LogP contribution in [0, 0.1) is 5.92 Å². The van der Waals surface area contributed by atoms with Gasteiger partial charge in [-0.1, -0.05) is 51.5 Å². The summed E-state index contributed by atoms with van der Waals surface area (Å²) in [6, 6.07) is 16.1. The number of carbonyl (C=O) groups is 2. The van der Waals surface area contributed by atoms with Crippen LogP contribution in [0.4, 0.5) is 5.69 Å². The third-order valence-electron chi connectivity index (χ3n) is 5.28. The first-order valence-electron chi connectivity index (χ1n) is 10.9. The summed E-state index contributed by atoms with van der Waals surface area (Å²) in [5.41, 5.74) is 3.93. The number of nitrogens with two attached hydrogens (primary N) is 1. The molecule has 2 aromatic carbocycles. The van der Waals surface area contributed by atoms with Crippen molar-refractivity contribution in [1.82, 2.24) is 4.90 Å². The van der Waals surface area contributed by atoms with E-state index in [1.165, 1.54) is 28.9 Å². The van der Waals surface area contributed by atoms with Gasteiger partial charge in [-0.2, -0.15) is 0 Å². The molecule has 0 aliphatic heterocycles. The molecule has 5 heteroatoms. The van der Waals surface area contributed by atoms with Gasteiger partial charge in [-0.05, 0) is 42.7 Å². The van der Waals surface area contributed by atoms with Crippen LogP contribution >= 0.6 is 0 Å². The number of quaternary nitrogens is 1. The van der Waals surface area contributed by atoms with E-state index < -0.39 is 0 Å². The third kappa shape index (κ3) is 6.99. The Bertz CT molecular complexity index is 811. The molecular formula is C25H36N3O2+. The second-order valence-corrected chi connectivity index (χ2v) is 8.38. The molecule has 162 valence electrons. The van der Waals surface area contributed by atoms with Gasteiger partial charge in [0, 0.05) is 36.8 Å². The van der Waals surface area contributed by atoms with Gasteiger partial charge in [-0.25, -0.2) is 0 Å². The molecule has 0 aromatic heterocycles. The Kier molecular flexibility index (Phi) is 9.06. The molecule has 0 saturated heterocycles. The summed E-state index contributed by atoms with van der Waals surface area (Å²) in [6.07, 6.45) is 3.53. The van der Waals surface area contributed by atoms with Gasteiger partial charge in [0.15, 0.2) is 6.54 Å². The molecule has 0 fully saturated rings. The Morgan fingerprint density at radius 3 is 2.17 bits per heavy atom. The predicted molar refractivity (Wildman–Crippen MR) is 123 cm³/mol. The maximum absolute atomic E-state index is 12.5. The van der Waals surface area contributed by atoms with Crippen molar-refractivity contribution in [2.45, 2.75) is 46.1 Å². The highest BCUT2D eigenvalue weighted by Gasteiger charge is 2.20. The molecule has 30 heavy (non-hydrogen) atoms. The summed E-state index contributed by atoms with van der Waals surface area (Å²) in [5, 5.41) is 5.02. The van der Waals surface area contributed by atoms with E-state index in [0.717, 1.165) is 6.42 Å². The highest BCUT2D eigenvalue weighted by molar-refractivity contribution is 5.95. The van der Waals surface area contributed by atoms with Crippen LogP contribution in [-0.4, -0.2) is 37.4 Å². The minimum absolute atomic E-state index is 0.0492. The van der Waals surface area contributed by atoms with Crippen molar-refractivity contribution in [3.63, 3.8) is 0 Å². The molecule has 0 aliphatic carbocycles. The molecule has 3 N–H and O–H groups in total. The first-order valence-corrected chi connectivity index (χ1v) is 10.9. The van der Waals surface area contributed by atoms with Crippen molar-refractivity contribution in [3.8, 4) is 0 Å². The predicted octanol–water partition coefficient (Wildman–Crippen LogP) is 3.63. The van der Waals surface area contributed by atoms with Crippen molar-refractivity contribution in [3.05, 3.63) is 65.2 Å². The number of hydrogen-bond donors (Lipinski definition) is 2. The Balaban J connectivity index is 1.93. The van der Waals surface area contributed by atoms with Crippen molar-refractivity contribution < 1.29 is 14.9 Å². The third-order valence-corrected chi connectivity index (χ3v) is 5.28. The van der Waals surface area contributed by atoms with Crippen molar-refractivity contribution in [2.24, 2.45) is 5.92 Å². The molecule has 2 amide bonds. The highest BCUT2D eigenvalue weighted by atomic mass is 16.2. The van der Waals surface area contributed by atoms with Gasteiger partial charge in [0.2, 0.25) is 0 Å². The standard InChI is InChI=1S/C25H35N3O2/c1-6-7-8-19-9-11-20(12-10-19)24(18(2)3)26-17-23(29)27-22-15-13-21(14-16-22)25(30)28(4)5/h9-16,18,24,26H,6-8,17H2,1-5H3,(H,27,29)/p+1/t24-/m1/s1. The minimum atomic E-state index is -0.0540. The van der Waals surface area contributed by atoms with E-state index in [1.807, 2.05) is 0 Å². The van der Waals surface area contributed by atoms with Gasteiger partial charge in [-0.3, -0.25) is 9.59 Å². The van der Waals surface area contributed by atoms with E-state index >= 15 is 0 Å². The number of unbranched alkanes of at least 4 members (excludes halogenated alkanes) is 1. The van der Waals surface area contributed by atoms with Crippen LogP contribution in [-0.2, 0) is 11.2 Å². The van der Waals surface area contributed by atoms with Crippen LogP contribution < -0.4 is 10.6 Å². The molecular weight excluding hydrogens is 374 g/mol. The highest BCUT2D eigenvalue weighted by Crippen LogP contribution is 2.19. The molecule has 5 nitrogen and oxygen atoms in total. The number of carbonyl (C=O) groups excluding carboxylic acids is 2. The molecule has 0 radical (unpaired) electrons. The average Bonchev–Trinajstić information content (AvgIpc) is 2.73. The lowest BCUT2D eigenvalue weighted by Gasteiger charge is -2.20. The fourth-order valence-electron chi connectivity index (χ4n) is 3.48. The smallest absolute Gasteiger partial charge is 0.279 e. The fourth-order valence-corrected chi connectivity index (χ4v) is 3.48. The topological polar surface area (TPSA) is 66.0 Å². The Morgan fingerprint density at radius 2 is 1.63 bits per heavy atom. The maximum atomic E-state index is 12.5. The van der Waals surface area contributed by atoms with E-state index in [2.05, 4.69) is 55.7 Å². The summed E-state index contributed by atoms with van der Waals surface area (Å²) < 4.78 is 0. The van der Waals surface area contributed by atoms with Gasteiger partial charge in [0.1, 0.15) is 6.04 Å². The molecule has 0 bridgehead atoms. The van der Waals surface area contributed by atoms with Crippen LogP contribution in [0.15, 0.2) is 48.5 Å². The molecule has 0 aliphatic rings. The summed E-state index contributed by atoms with van der Waals surface area (Å²) in [7, 11) is 3.44. The quantitative estimate of drug-likeness (QED) is 0.628. The summed E-state index contributed by atoms with van der Waals surface area (Å²) in [5.74, 6) is 0.309. The lowest BCUT2D eigenvalue weighted by Crippen LogP contribution is -2.88. The number of aryl methyl sites for hydroxylation is 1. The van der Waals surface area contributed by atoms with E-state index in [1.54, 1.807) is 38.4 Å². The number of nitrogens with one attached hydrogen (secondary N) is 1. The first kappa shape index (κ1) is 23.6. The molecule has 0 spiro atoms. The second kappa shape index (κ2) is 11.5. The Morgan fingerprint density at radius 1 is 1.00 bits per heavy atom. The van der Waals surface area contributed by atoms with E-state index in [0.29, 0.717) is 23.7 Å². The van der Waals surface area contributed by atoms with Crippen LogP contribution in [0.25, 0.3) is 0 Å². The molecule has 1 atom stereocenters. The van der Waals surface area contributed by atoms with Crippen LogP contribution in [0.1, 0.15) is 61.1 Å². The minimum Gasteiger partial charge on any atom is -0.345 e. The van der Waals surface area contributed by atoms with E-state index in [-0.39, 0.29) is 17.9 Å². The maximum Gasteiger partial charge on any atom is 0.279 e. The van der Waals surface area contributed by atoms with Crippen LogP contribution in [0.2, 0.25) is 0 Å². The number of hydrogen-bond acceptors (Lipinski definition) is 2. The van der Waals surface area contributed by atoms with Crippen LogP contribution in [0.5, 0.6) is 0 Å². The van der Waals surface area contributed by atoms with E-state index in [4.69, 9.17) is 0 Å². The van der Waals surface area contributed by atoms with Gasteiger partial charge >= 0.3 is 0 Å². The SMILES string of the molecule is CCCCc1ccc([C@H]([NH2+]CC(=O)Nc2ccc(C(=O)N(C)C)cc2)C(C)C)cc1. The van der Waals surface area contributed by atoms with Gasteiger partial charge in [0.05, 0.1) is 0 Å². The summed E-state index contributed by atoms with van der Waals surface area (Å²) >= 11 is 0. The zero-order valence-electron chi connectivity index (χ0n) is 18.9. The largest absolute Gasteiger partial charge is 0.345 e. The van der Waals surface area contributed by atoms with Gasteiger partial charge in [0.25, 0.3) is 11.8 Å². The molecule has 0 heterocycles. The lowest BCUT2D eigenvalue weighted by atomic mass is 9.94. The zero-order chi connectivity index (χ0) is 22.1.